The monoisotopic (exact) mass is 304 g/mol. The lowest BCUT2D eigenvalue weighted by Gasteiger charge is -2.13. The summed E-state index contributed by atoms with van der Waals surface area (Å²) in [5.74, 6) is -0.0233. The minimum absolute atomic E-state index is 0.298. The number of hydrogen-bond acceptors (Lipinski definition) is 5. The Hall–Kier alpha value is -1.61. The summed E-state index contributed by atoms with van der Waals surface area (Å²) >= 11 is 0.796. The van der Waals surface area contributed by atoms with E-state index in [9.17, 15) is 13.2 Å². The highest BCUT2D eigenvalue weighted by Crippen LogP contribution is 2.27. The molecule has 2 aromatic rings. The first-order valence-corrected chi connectivity index (χ1v) is 6.55. The van der Waals surface area contributed by atoms with Crippen molar-refractivity contribution in [3.05, 3.63) is 24.5 Å². The molecule has 0 aliphatic heterocycles. The summed E-state index contributed by atoms with van der Waals surface area (Å²) in [7, 11) is 1.64. The van der Waals surface area contributed by atoms with Crippen LogP contribution < -0.4 is 0 Å². The van der Waals surface area contributed by atoms with Gasteiger partial charge in [-0.2, -0.15) is 13.2 Å². The van der Waals surface area contributed by atoms with E-state index >= 15 is 0 Å². The van der Waals surface area contributed by atoms with E-state index in [-0.39, 0.29) is 0 Å². The zero-order valence-corrected chi connectivity index (χ0v) is 11.2. The third-order valence-electron chi connectivity index (χ3n) is 2.50. The molecule has 2 rings (SSSR count). The zero-order chi connectivity index (χ0) is 14.8. The van der Waals surface area contributed by atoms with Gasteiger partial charge in [0.2, 0.25) is 0 Å². The Bertz CT molecular complexity index is 573. The van der Waals surface area contributed by atoms with Crippen LogP contribution in [0.15, 0.2) is 29.7 Å². The zero-order valence-electron chi connectivity index (χ0n) is 10.4. The van der Waals surface area contributed by atoms with E-state index < -0.39 is 18.0 Å². The maximum absolute atomic E-state index is 12.2. The van der Waals surface area contributed by atoms with Gasteiger partial charge in [0.05, 0.1) is 0 Å². The van der Waals surface area contributed by atoms with Crippen molar-refractivity contribution in [3.63, 3.8) is 0 Å². The quantitative estimate of drug-likeness (QED) is 0.874. The van der Waals surface area contributed by atoms with Crippen molar-refractivity contribution in [1.82, 2.24) is 19.7 Å². The van der Waals surface area contributed by atoms with Gasteiger partial charge in [0, 0.05) is 30.8 Å². The smallest absolute Gasteiger partial charge is 0.383 e. The van der Waals surface area contributed by atoms with E-state index in [0.29, 0.717) is 16.5 Å². The summed E-state index contributed by atoms with van der Waals surface area (Å²) in [5.41, 5.74) is 0.714. The average Bonchev–Trinajstić information content (AvgIpc) is 2.77. The lowest BCUT2D eigenvalue weighted by molar-refractivity contribution is -0.195. The van der Waals surface area contributed by atoms with Crippen molar-refractivity contribution in [2.24, 2.45) is 7.05 Å². The Labute approximate surface area is 116 Å². The van der Waals surface area contributed by atoms with Gasteiger partial charge in [-0.25, -0.2) is 0 Å². The molecule has 2 heterocycles. The molecular formula is C11H11F3N4OS. The number of aliphatic hydroxyl groups is 1. The molecule has 0 saturated carbocycles. The number of pyridine rings is 1. The standard InChI is InChI=1S/C11H11F3N4OS/c1-18-9(7-3-2-4-15-5-7)16-17-10(18)20-6-8(19)11(12,13)14/h2-5,8,19H,6H2,1H3/t8-/m1/s1. The molecule has 108 valence electrons. The minimum atomic E-state index is -4.63. The number of rotatable bonds is 4. The third kappa shape index (κ3) is 3.28. The summed E-state index contributed by atoms with van der Waals surface area (Å²) < 4.78 is 38.2. The summed E-state index contributed by atoms with van der Waals surface area (Å²) in [5, 5.41) is 17.0. The van der Waals surface area contributed by atoms with Crippen LogP contribution in [0.3, 0.4) is 0 Å². The Morgan fingerprint density at radius 2 is 2.15 bits per heavy atom. The van der Waals surface area contributed by atoms with Gasteiger partial charge in [0.1, 0.15) is 0 Å². The van der Waals surface area contributed by atoms with E-state index in [4.69, 9.17) is 5.11 Å². The molecule has 5 nitrogen and oxygen atoms in total. The number of halogens is 3. The molecule has 0 radical (unpaired) electrons. The summed E-state index contributed by atoms with van der Waals surface area (Å²) in [6.07, 6.45) is -3.82. The Morgan fingerprint density at radius 3 is 2.75 bits per heavy atom. The predicted octanol–water partition coefficient (Wildman–Crippen LogP) is 1.89. The molecule has 0 spiro atoms. The predicted molar refractivity (Wildman–Crippen MR) is 67.0 cm³/mol. The first-order chi connectivity index (χ1) is 9.39. The molecule has 1 N–H and O–H groups in total. The van der Waals surface area contributed by atoms with Crippen molar-refractivity contribution < 1.29 is 18.3 Å². The Morgan fingerprint density at radius 1 is 1.40 bits per heavy atom. The third-order valence-corrected chi connectivity index (χ3v) is 3.60. The van der Waals surface area contributed by atoms with Gasteiger partial charge in [-0.1, -0.05) is 11.8 Å². The van der Waals surface area contributed by atoms with Crippen molar-refractivity contribution in [1.29, 1.82) is 0 Å². The molecule has 20 heavy (non-hydrogen) atoms. The molecule has 1 atom stereocenters. The molecule has 2 aromatic heterocycles. The van der Waals surface area contributed by atoms with Gasteiger partial charge in [0.25, 0.3) is 0 Å². The van der Waals surface area contributed by atoms with E-state index in [0.717, 1.165) is 11.8 Å². The van der Waals surface area contributed by atoms with Gasteiger partial charge < -0.3 is 9.67 Å². The normalized spacial score (nSPS) is 13.4. The highest BCUT2D eigenvalue weighted by atomic mass is 32.2. The van der Waals surface area contributed by atoms with Crippen LogP contribution in [-0.4, -0.2) is 42.9 Å². The fourth-order valence-electron chi connectivity index (χ4n) is 1.43. The SMILES string of the molecule is Cn1c(SC[C@@H](O)C(F)(F)F)nnc1-c1cccnc1. The van der Waals surface area contributed by atoms with Gasteiger partial charge in [-0.3, -0.25) is 4.98 Å². The van der Waals surface area contributed by atoms with Crippen LogP contribution in [0.2, 0.25) is 0 Å². The number of aromatic nitrogens is 4. The molecule has 0 aromatic carbocycles. The molecule has 9 heteroatoms. The van der Waals surface area contributed by atoms with Crippen LogP contribution in [0, 0.1) is 0 Å². The van der Waals surface area contributed by atoms with Gasteiger partial charge >= 0.3 is 6.18 Å². The van der Waals surface area contributed by atoms with Gasteiger partial charge in [0.15, 0.2) is 17.1 Å². The van der Waals surface area contributed by atoms with E-state index in [1.165, 1.54) is 0 Å². The average molecular weight is 304 g/mol. The second kappa shape index (κ2) is 5.80. The van der Waals surface area contributed by atoms with Gasteiger partial charge in [-0.05, 0) is 12.1 Å². The van der Waals surface area contributed by atoms with Crippen LogP contribution >= 0.6 is 11.8 Å². The molecule has 0 bridgehead atoms. The van der Waals surface area contributed by atoms with Crippen LogP contribution in [0.5, 0.6) is 0 Å². The molecule has 0 aliphatic rings. The summed E-state index contributed by atoms with van der Waals surface area (Å²) in [4.78, 5) is 3.94. The van der Waals surface area contributed by atoms with Crippen molar-refractivity contribution >= 4 is 11.8 Å². The molecule has 0 fully saturated rings. The molecule has 0 unspecified atom stereocenters. The van der Waals surface area contributed by atoms with E-state index in [2.05, 4.69) is 15.2 Å². The largest absolute Gasteiger partial charge is 0.415 e. The van der Waals surface area contributed by atoms with Crippen LogP contribution in [0.1, 0.15) is 0 Å². The van der Waals surface area contributed by atoms with Crippen molar-refractivity contribution in [2.45, 2.75) is 17.4 Å². The van der Waals surface area contributed by atoms with Gasteiger partial charge in [-0.15, -0.1) is 10.2 Å². The second-order valence-electron chi connectivity index (χ2n) is 3.98. The van der Waals surface area contributed by atoms with Crippen molar-refractivity contribution in [3.8, 4) is 11.4 Å². The summed E-state index contributed by atoms with van der Waals surface area (Å²) in [6, 6.07) is 3.50. The van der Waals surface area contributed by atoms with Crippen LogP contribution in [0.25, 0.3) is 11.4 Å². The maximum Gasteiger partial charge on any atom is 0.415 e. The lowest BCUT2D eigenvalue weighted by atomic mass is 10.3. The van der Waals surface area contributed by atoms with Crippen LogP contribution in [-0.2, 0) is 7.05 Å². The number of alkyl halides is 3. The topological polar surface area (TPSA) is 63.8 Å². The van der Waals surface area contributed by atoms with Crippen molar-refractivity contribution in [2.75, 3.05) is 5.75 Å². The maximum atomic E-state index is 12.2. The first kappa shape index (κ1) is 14.8. The molecule has 0 aliphatic carbocycles. The Balaban J connectivity index is 2.10. The summed E-state index contributed by atoms with van der Waals surface area (Å²) in [6.45, 7) is 0. The molecule has 0 saturated heterocycles. The number of aliphatic hydroxyl groups excluding tert-OH is 1. The highest BCUT2D eigenvalue weighted by molar-refractivity contribution is 7.99. The first-order valence-electron chi connectivity index (χ1n) is 5.57. The highest BCUT2D eigenvalue weighted by Gasteiger charge is 2.38. The van der Waals surface area contributed by atoms with E-state index in [1.54, 1.807) is 36.1 Å². The fraction of sp³-hybridized carbons (Fsp3) is 0.364. The fourth-order valence-corrected chi connectivity index (χ4v) is 2.31. The number of nitrogens with zero attached hydrogens (tertiary/aromatic N) is 4. The minimum Gasteiger partial charge on any atom is -0.383 e. The van der Waals surface area contributed by atoms with Crippen LogP contribution in [0.4, 0.5) is 13.2 Å². The lowest BCUT2D eigenvalue weighted by Crippen LogP contribution is -2.30. The molecular weight excluding hydrogens is 293 g/mol. The number of hydrogen-bond donors (Lipinski definition) is 1. The number of thioether (sulfide) groups is 1. The molecule has 0 amide bonds. The second-order valence-corrected chi connectivity index (χ2v) is 4.96. The Kier molecular flexibility index (Phi) is 4.29. The van der Waals surface area contributed by atoms with E-state index in [1.807, 2.05) is 0 Å².